The van der Waals surface area contributed by atoms with E-state index in [2.05, 4.69) is 5.32 Å². The van der Waals surface area contributed by atoms with E-state index in [0.29, 0.717) is 13.1 Å². The predicted molar refractivity (Wildman–Crippen MR) is 70.9 cm³/mol. The summed E-state index contributed by atoms with van der Waals surface area (Å²) in [5.74, 6) is -0.688. The number of hydrogen-bond acceptors (Lipinski definition) is 3. The van der Waals surface area contributed by atoms with Crippen LogP contribution in [0.3, 0.4) is 0 Å². The molecule has 1 aromatic carbocycles. The maximum absolute atomic E-state index is 12.9. The van der Waals surface area contributed by atoms with E-state index in [1.165, 1.54) is 12.1 Å². The first kappa shape index (κ1) is 14.4. The fourth-order valence-corrected chi connectivity index (χ4v) is 1.70. The van der Waals surface area contributed by atoms with E-state index in [-0.39, 0.29) is 5.82 Å². The maximum Gasteiger partial charge on any atom is 0.239 e. The largest absolute Gasteiger partial charge is 0.369 e. The van der Waals surface area contributed by atoms with Crippen LogP contribution in [-0.2, 0) is 4.79 Å². The van der Waals surface area contributed by atoms with Gasteiger partial charge in [-0.1, -0.05) is 0 Å². The van der Waals surface area contributed by atoms with Crippen molar-refractivity contribution in [2.24, 2.45) is 5.73 Å². The summed E-state index contributed by atoms with van der Waals surface area (Å²) in [6.07, 6.45) is 0. The van der Waals surface area contributed by atoms with E-state index in [4.69, 9.17) is 5.73 Å². The van der Waals surface area contributed by atoms with Crippen LogP contribution in [0.1, 0.15) is 13.8 Å². The average molecular weight is 253 g/mol. The molecule has 0 heterocycles. The van der Waals surface area contributed by atoms with Gasteiger partial charge in [0.25, 0.3) is 0 Å². The predicted octanol–water partition coefficient (Wildman–Crippen LogP) is 1.12. The number of likely N-dealkylation sites (N-methyl/N-ethyl adjacent to an activating group) is 2. The third kappa shape index (κ3) is 3.20. The highest BCUT2D eigenvalue weighted by atomic mass is 19.1. The van der Waals surface area contributed by atoms with Crippen LogP contribution in [-0.4, -0.2) is 31.6 Å². The molecule has 0 bridgehead atoms. The molecule has 1 unspecified atom stereocenters. The number of anilines is 1. The third-order valence-electron chi connectivity index (χ3n) is 3.18. The van der Waals surface area contributed by atoms with E-state index in [9.17, 15) is 9.18 Å². The standard InChI is InChI=1S/C13H20FN3O/c1-4-17(9-13(2,16-3)12(15)18)11-7-5-10(14)6-8-11/h5-8,16H,4,9H2,1-3H3,(H2,15,18). The molecule has 18 heavy (non-hydrogen) atoms. The molecule has 1 aromatic rings. The van der Waals surface area contributed by atoms with E-state index in [1.54, 1.807) is 26.1 Å². The van der Waals surface area contributed by atoms with Crippen molar-refractivity contribution in [3.05, 3.63) is 30.1 Å². The number of nitrogens with zero attached hydrogens (tertiary/aromatic N) is 1. The third-order valence-corrected chi connectivity index (χ3v) is 3.18. The number of halogens is 1. The summed E-state index contributed by atoms with van der Waals surface area (Å²) in [5, 5.41) is 2.93. The smallest absolute Gasteiger partial charge is 0.239 e. The molecule has 4 nitrogen and oxygen atoms in total. The molecule has 0 aliphatic heterocycles. The molecule has 1 amide bonds. The maximum atomic E-state index is 12.9. The summed E-state index contributed by atoms with van der Waals surface area (Å²) in [6, 6.07) is 6.18. The van der Waals surface area contributed by atoms with E-state index < -0.39 is 11.4 Å². The fraction of sp³-hybridized carbons (Fsp3) is 0.462. The molecule has 0 aliphatic rings. The van der Waals surface area contributed by atoms with Gasteiger partial charge < -0.3 is 16.0 Å². The van der Waals surface area contributed by atoms with Crippen LogP contribution >= 0.6 is 0 Å². The van der Waals surface area contributed by atoms with Crippen molar-refractivity contribution in [3.8, 4) is 0 Å². The van der Waals surface area contributed by atoms with Crippen LogP contribution in [0.5, 0.6) is 0 Å². The lowest BCUT2D eigenvalue weighted by Crippen LogP contribution is -2.58. The number of amides is 1. The van der Waals surface area contributed by atoms with Gasteiger partial charge in [-0.25, -0.2) is 4.39 Å². The minimum atomic E-state index is -0.815. The second kappa shape index (κ2) is 5.82. The summed E-state index contributed by atoms with van der Waals surface area (Å²) in [5.41, 5.74) is 5.45. The molecular formula is C13H20FN3O. The van der Waals surface area contributed by atoms with Crippen LogP contribution in [0.15, 0.2) is 24.3 Å². The minimum absolute atomic E-state index is 0.277. The highest BCUT2D eigenvalue weighted by Gasteiger charge is 2.31. The van der Waals surface area contributed by atoms with Gasteiger partial charge in [0.2, 0.25) is 5.91 Å². The molecule has 1 rings (SSSR count). The zero-order valence-corrected chi connectivity index (χ0v) is 11.0. The molecule has 0 saturated heterocycles. The zero-order chi connectivity index (χ0) is 13.8. The van der Waals surface area contributed by atoms with Crippen molar-refractivity contribution >= 4 is 11.6 Å². The second-order valence-electron chi connectivity index (χ2n) is 4.44. The van der Waals surface area contributed by atoms with Gasteiger partial charge in [0, 0.05) is 18.8 Å². The van der Waals surface area contributed by atoms with E-state index in [1.807, 2.05) is 11.8 Å². The van der Waals surface area contributed by atoms with Gasteiger partial charge in [-0.15, -0.1) is 0 Å². The molecule has 0 spiro atoms. The Morgan fingerprint density at radius 3 is 2.39 bits per heavy atom. The van der Waals surface area contributed by atoms with Crippen molar-refractivity contribution in [1.29, 1.82) is 0 Å². The number of rotatable bonds is 6. The van der Waals surface area contributed by atoms with Crippen LogP contribution < -0.4 is 16.0 Å². The zero-order valence-electron chi connectivity index (χ0n) is 11.0. The quantitative estimate of drug-likeness (QED) is 0.798. The Kier molecular flexibility index (Phi) is 4.67. The number of carbonyl (C=O) groups excluding carboxylic acids is 1. The molecule has 5 heteroatoms. The molecule has 0 saturated carbocycles. The summed E-state index contributed by atoms with van der Waals surface area (Å²) >= 11 is 0. The van der Waals surface area contributed by atoms with Crippen molar-refractivity contribution in [1.82, 2.24) is 5.32 Å². The Hall–Kier alpha value is -1.62. The lowest BCUT2D eigenvalue weighted by Gasteiger charge is -2.33. The number of benzene rings is 1. The van der Waals surface area contributed by atoms with Crippen molar-refractivity contribution < 1.29 is 9.18 Å². The van der Waals surface area contributed by atoms with Crippen molar-refractivity contribution in [2.75, 3.05) is 25.0 Å². The summed E-state index contributed by atoms with van der Waals surface area (Å²) < 4.78 is 12.9. The number of nitrogens with one attached hydrogen (secondary N) is 1. The van der Waals surface area contributed by atoms with E-state index in [0.717, 1.165) is 5.69 Å². The van der Waals surface area contributed by atoms with Gasteiger partial charge in [-0.05, 0) is 45.2 Å². The van der Waals surface area contributed by atoms with Gasteiger partial charge in [-0.2, -0.15) is 0 Å². The molecule has 1 atom stereocenters. The lowest BCUT2D eigenvalue weighted by molar-refractivity contribution is -0.123. The van der Waals surface area contributed by atoms with Crippen LogP contribution in [0, 0.1) is 5.82 Å². The topological polar surface area (TPSA) is 58.4 Å². The molecule has 0 radical (unpaired) electrons. The molecule has 100 valence electrons. The summed E-state index contributed by atoms with van der Waals surface area (Å²) in [7, 11) is 1.70. The lowest BCUT2D eigenvalue weighted by atomic mass is 10.0. The molecule has 3 N–H and O–H groups in total. The number of hydrogen-bond donors (Lipinski definition) is 2. The molecule has 0 aromatic heterocycles. The molecule has 0 fully saturated rings. The highest BCUT2D eigenvalue weighted by Crippen LogP contribution is 2.17. The Bertz CT molecular complexity index is 407. The van der Waals surface area contributed by atoms with Gasteiger partial charge in [-0.3, -0.25) is 4.79 Å². The minimum Gasteiger partial charge on any atom is -0.369 e. The first-order valence-electron chi connectivity index (χ1n) is 5.92. The fourth-order valence-electron chi connectivity index (χ4n) is 1.70. The average Bonchev–Trinajstić information content (AvgIpc) is 2.36. The van der Waals surface area contributed by atoms with Gasteiger partial charge in [0.15, 0.2) is 0 Å². The van der Waals surface area contributed by atoms with E-state index >= 15 is 0 Å². The first-order chi connectivity index (χ1) is 8.42. The molecular weight excluding hydrogens is 233 g/mol. The second-order valence-corrected chi connectivity index (χ2v) is 4.44. The number of carbonyl (C=O) groups is 1. The van der Waals surface area contributed by atoms with Gasteiger partial charge in [0.05, 0.1) is 0 Å². The summed E-state index contributed by atoms with van der Waals surface area (Å²) in [4.78, 5) is 13.4. The Balaban J connectivity index is 2.91. The normalized spacial score (nSPS) is 14.0. The Labute approximate surface area is 107 Å². The first-order valence-corrected chi connectivity index (χ1v) is 5.92. The SMILES string of the molecule is CCN(CC(C)(NC)C(N)=O)c1ccc(F)cc1. The Morgan fingerprint density at radius 1 is 1.44 bits per heavy atom. The Morgan fingerprint density at radius 2 is 2.00 bits per heavy atom. The highest BCUT2D eigenvalue weighted by molar-refractivity contribution is 5.85. The monoisotopic (exact) mass is 253 g/mol. The van der Waals surface area contributed by atoms with Crippen LogP contribution in [0.4, 0.5) is 10.1 Å². The molecule has 0 aliphatic carbocycles. The van der Waals surface area contributed by atoms with Crippen molar-refractivity contribution in [2.45, 2.75) is 19.4 Å². The van der Waals surface area contributed by atoms with Crippen LogP contribution in [0.25, 0.3) is 0 Å². The van der Waals surface area contributed by atoms with Crippen LogP contribution in [0.2, 0.25) is 0 Å². The summed E-state index contributed by atoms with van der Waals surface area (Å²) in [6.45, 7) is 4.86. The number of nitrogens with two attached hydrogens (primary N) is 1. The van der Waals surface area contributed by atoms with Gasteiger partial charge >= 0.3 is 0 Å². The number of primary amides is 1. The van der Waals surface area contributed by atoms with Crippen molar-refractivity contribution in [3.63, 3.8) is 0 Å². The van der Waals surface area contributed by atoms with Gasteiger partial charge in [0.1, 0.15) is 11.4 Å².